The Morgan fingerprint density at radius 3 is 1.71 bits per heavy atom. The number of rotatable bonds is 1. The smallest absolute Gasteiger partial charge is 0.164 e. The van der Waals surface area contributed by atoms with Crippen molar-refractivity contribution in [1.82, 2.24) is 0 Å². The van der Waals surface area contributed by atoms with Gasteiger partial charge in [0.2, 0.25) is 0 Å². The minimum Gasteiger partial charge on any atom is -0.164 e. The summed E-state index contributed by atoms with van der Waals surface area (Å²) in [7, 11) is -1.63. The molecule has 0 saturated heterocycles. The van der Waals surface area contributed by atoms with Crippen LogP contribution in [0.5, 0.6) is 0 Å². The molecule has 3 nitrogen and oxygen atoms in total. The monoisotopic (exact) mass is 122 g/mol. The maximum Gasteiger partial charge on any atom is 0.360 e. The van der Waals surface area contributed by atoms with Crippen LogP contribution >= 0.6 is 0 Å². The van der Waals surface area contributed by atoms with Crippen LogP contribution in [-0.2, 0) is 10.0 Å². The van der Waals surface area contributed by atoms with E-state index in [0.29, 0.717) is 0 Å². The van der Waals surface area contributed by atoms with Gasteiger partial charge in [-0.25, -0.2) is 0 Å². The van der Waals surface area contributed by atoms with Crippen molar-refractivity contribution in [1.29, 1.82) is 0 Å². The fourth-order valence-electron chi connectivity index (χ4n) is 0. The molecule has 0 spiro atoms. The van der Waals surface area contributed by atoms with Crippen molar-refractivity contribution in [3.63, 3.8) is 0 Å². The lowest BCUT2D eigenvalue weighted by molar-refractivity contribution is -0.314. The molecule has 0 aromatic carbocycles. The van der Waals surface area contributed by atoms with E-state index in [4.69, 9.17) is 0 Å². The van der Waals surface area contributed by atoms with Crippen LogP contribution in [0.3, 0.4) is 0 Å². The van der Waals surface area contributed by atoms with Gasteiger partial charge in [0.25, 0.3) is 0 Å². The van der Waals surface area contributed by atoms with E-state index in [1.807, 2.05) is 0 Å². The molecule has 0 aromatic rings. The van der Waals surface area contributed by atoms with Crippen molar-refractivity contribution in [2.45, 2.75) is 0 Å². The Bertz CT molecular complexity index is 167. The number of hydrogen-bond acceptors (Lipinski definition) is 2. The molecule has 0 radical (unpaired) electrons. The zero-order chi connectivity index (χ0) is 6.08. The maximum atomic E-state index is 10.2. The predicted molar refractivity (Wildman–Crippen MR) is 28.1 cm³/mol. The molecular weight excluding hydrogens is 114 g/mol. The van der Waals surface area contributed by atoms with Crippen LogP contribution in [0.4, 0.5) is 0 Å². The zero-order valence-electron chi connectivity index (χ0n) is 4.38. The standard InChI is InChI=1S/C3H8NO2S/c1-4(2)7(3,5)6/h1H2,2-3H3/q+1. The van der Waals surface area contributed by atoms with Crippen LogP contribution < -0.4 is 0 Å². The van der Waals surface area contributed by atoms with E-state index in [0.717, 1.165) is 10.2 Å². The van der Waals surface area contributed by atoms with E-state index >= 15 is 0 Å². The Hall–Kier alpha value is -0.380. The van der Waals surface area contributed by atoms with Gasteiger partial charge in [-0.05, 0) is 0 Å². The van der Waals surface area contributed by atoms with Crippen LogP contribution in [-0.4, -0.2) is 32.4 Å². The van der Waals surface area contributed by atoms with Crippen LogP contribution in [0.1, 0.15) is 0 Å². The fourth-order valence-corrected chi connectivity index (χ4v) is 0. The van der Waals surface area contributed by atoms with Gasteiger partial charge in [0.1, 0.15) is 6.72 Å². The molecule has 7 heavy (non-hydrogen) atoms. The van der Waals surface area contributed by atoms with Gasteiger partial charge in [0, 0.05) is 0 Å². The van der Waals surface area contributed by atoms with Crippen molar-refractivity contribution in [3.05, 3.63) is 0 Å². The first-order valence-electron chi connectivity index (χ1n) is 1.69. The summed E-state index contributed by atoms with van der Waals surface area (Å²) in [5.41, 5.74) is 0. The summed E-state index contributed by atoms with van der Waals surface area (Å²) >= 11 is 0. The van der Waals surface area contributed by atoms with Crippen molar-refractivity contribution in [3.8, 4) is 0 Å². The Balaban J connectivity index is 4.43. The molecule has 42 valence electrons. The third-order valence-corrected chi connectivity index (χ3v) is 1.70. The normalized spacial score (nSPS) is 11.1. The van der Waals surface area contributed by atoms with E-state index in [-0.39, 0.29) is 0 Å². The molecule has 0 atom stereocenters. The average Bonchev–Trinajstić information content (AvgIpc) is 1.31. The molecule has 0 aliphatic heterocycles. The van der Waals surface area contributed by atoms with Gasteiger partial charge in [-0.2, -0.15) is 8.42 Å². The molecule has 0 aliphatic rings. The van der Waals surface area contributed by atoms with Crippen molar-refractivity contribution in [2.75, 3.05) is 13.3 Å². The molecular formula is C3H8NO2S+. The topological polar surface area (TPSA) is 37.1 Å². The molecule has 0 heterocycles. The highest BCUT2D eigenvalue weighted by Gasteiger charge is 2.05. The third kappa shape index (κ3) is 2.33. The van der Waals surface area contributed by atoms with E-state index < -0.39 is 10.0 Å². The molecule has 4 heteroatoms. The second-order valence-corrected chi connectivity index (χ2v) is 3.45. The van der Waals surface area contributed by atoms with E-state index in [9.17, 15) is 8.42 Å². The highest BCUT2D eigenvalue weighted by Crippen LogP contribution is 1.75. The third-order valence-electron chi connectivity index (χ3n) is 0.566. The molecule has 0 aliphatic carbocycles. The summed E-state index contributed by atoms with van der Waals surface area (Å²) < 4.78 is 21.3. The quantitative estimate of drug-likeness (QED) is 0.340. The maximum absolute atomic E-state index is 10.2. The Morgan fingerprint density at radius 1 is 1.57 bits per heavy atom. The first-order valence-corrected chi connectivity index (χ1v) is 3.54. The minimum absolute atomic E-state index is 0.910. The lowest BCUT2D eigenvalue weighted by Crippen LogP contribution is -2.11. The van der Waals surface area contributed by atoms with Crippen LogP contribution in [0.15, 0.2) is 0 Å². The summed E-state index contributed by atoms with van der Waals surface area (Å²) in [5.74, 6) is 0. The average molecular weight is 122 g/mol. The molecule has 0 fully saturated rings. The summed E-state index contributed by atoms with van der Waals surface area (Å²) in [4.78, 5) is 0. The van der Waals surface area contributed by atoms with Gasteiger partial charge in [-0.15, -0.1) is 3.98 Å². The molecule has 0 bridgehead atoms. The SMILES string of the molecule is C=[N+](C)S(C)(=O)=O. The Kier molecular flexibility index (Phi) is 1.53. The van der Waals surface area contributed by atoms with Crippen LogP contribution in [0.2, 0.25) is 0 Å². The lowest BCUT2D eigenvalue weighted by Gasteiger charge is -1.83. The second kappa shape index (κ2) is 1.61. The number of nitrogens with zero attached hydrogens (tertiary/aromatic N) is 1. The number of hydrogen-bond donors (Lipinski definition) is 0. The minimum atomic E-state index is -3.02. The van der Waals surface area contributed by atoms with E-state index in [1.165, 1.54) is 7.05 Å². The first-order chi connectivity index (χ1) is 2.94. The molecule has 0 unspecified atom stereocenters. The zero-order valence-corrected chi connectivity index (χ0v) is 5.20. The summed E-state index contributed by atoms with van der Waals surface area (Å²) in [6.45, 7) is 3.16. The highest BCUT2D eigenvalue weighted by atomic mass is 32.2. The summed E-state index contributed by atoms with van der Waals surface area (Å²) in [6.07, 6.45) is 1.10. The van der Waals surface area contributed by atoms with Gasteiger partial charge in [-0.1, -0.05) is 0 Å². The molecule has 0 aromatic heterocycles. The Labute approximate surface area is 43.3 Å². The highest BCUT2D eigenvalue weighted by molar-refractivity contribution is 7.84. The Morgan fingerprint density at radius 2 is 1.71 bits per heavy atom. The molecule has 0 N–H and O–H groups in total. The molecule has 0 saturated carbocycles. The van der Waals surface area contributed by atoms with Gasteiger partial charge >= 0.3 is 10.0 Å². The van der Waals surface area contributed by atoms with Crippen molar-refractivity contribution >= 4 is 16.7 Å². The van der Waals surface area contributed by atoms with Crippen molar-refractivity contribution in [2.24, 2.45) is 0 Å². The molecule has 0 amide bonds. The number of sulfonamides is 1. The summed E-state index contributed by atoms with van der Waals surface area (Å²) in [5, 5.41) is 0. The summed E-state index contributed by atoms with van der Waals surface area (Å²) in [6, 6.07) is 0. The fraction of sp³-hybridized carbons (Fsp3) is 0.667. The predicted octanol–water partition coefficient (Wildman–Crippen LogP) is -0.711. The van der Waals surface area contributed by atoms with E-state index in [2.05, 4.69) is 6.72 Å². The largest absolute Gasteiger partial charge is 0.360 e. The van der Waals surface area contributed by atoms with Crippen LogP contribution in [0.25, 0.3) is 0 Å². The lowest BCUT2D eigenvalue weighted by atomic mass is 11.4. The van der Waals surface area contributed by atoms with Crippen molar-refractivity contribution < 1.29 is 12.4 Å². The first kappa shape index (κ1) is 6.62. The van der Waals surface area contributed by atoms with Gasteiger partial charge in [0.05, 0.1) is 6.26 Å². The van der Waals surface area contributed by atoms with Gasteiger partial charge in [-0.3, -0.25) is 0 Å². The van der Waals surface area contributed by atoms with Crippen LogP contribution in [0, 0.1) is 0 Å². The second-order valence-electron chi connectivity index (χ2n) is 1.36. The van der Waals surface area contributed by atoms with Gasteiger partial charge < -0.3 is 0 Å². The van der Waals surface area contributed by atoms with Gasteiger partial charge in [0.15, 0.2) is 7.05 Å². The van der Waals surface area contributed by atoms with E-state index in [1.54, 1.807) is 0 Å². The molecule has 0 rings (SSSR count).